The van der Waals surface area contributed by atoms with Gasteiger partial charge in [-0.2, -0.15) is 0 Å². The molecule has 13 heavy (non-hydrogen) atoms. The first kappa shape index (κ1) is 8.82. The largest absolute Gasteiger partial charge is 0.386 e. The maximum absolute atomic E-state index is 10.1. The molecule has 1 saturated carbocycles. The topological polar surface area (TPSA) is 36.0 Å². The van der Waals surface area contributed by atoms with Crippen LogP contribution in [0.2, 0.25) is 0 Å². The molecule has 1 aliphatic rings. The fraction of sp³-hybridized carbons (Fsp3) is 0.636. The molecule has 2 N–H and O–H groups in total. The van der Waals surface area contributed by atoms with E-state index in [0.717, 1.165) is 18.5 Å². The monoisotopic (exact) mass is 179 g/mol. The van der Waals surface area contributed by atoms with Crippen LogP contribution in [0.1, 0.15) is 44.4 Å². The van der Waals surface area contributed by atoms with Gasteiger partial charge in [-0.25, -0.2) is 0 Å². The van der Waals surface area contributed by atoms with Crippen LogP contribution in [0.5, 0.6) is 0 Å². The molecule has 1 fully saturated rings. The third-order valence-corrected chi connectivity index (χ3v) is 3.32. The van der Waals surface area contributed by atoms with E-state index in [9.17, 15) is 5.11 Å². The van der Waals surface area contributed by atoms with E-state index in [1.54, 1.807) is 0 Å². The zero-order chi connectivity index (χ0) is 9.31. The van der Waals surface area contributed by atoms with Gasteiger partial charge in [0.05, 0.1) is 6.10 Å². The number of aromatic amines is 1. The number of aliphatic hydroxyl groups is 1. The Morgan fingerprint density at radius 2 is 2.15 bits per heavy atom. The SMILES string of the molecule is CC1(C(O)c2ccc[nH]2)CCCC1. The molecule has 0 radical (unpaired) electrons. The number of nitrogens with one attached hydrogen (secondary N) is 1. The van der Waals surface area contributed by atoms with Crippen LogP contribution in [0.15, 0.2) is 18.3 Å². The molecule has 1 heterocycles. The fourth-order valence-corrected chi connectivity index (χ4v) is 2.35. The summed E-state index contributed by atoms with van der Waals surface area (Å²) in [6.07, 6.45) is 6.37. The summed E-state index contributed by atoms with van der Waals surface area (Å²) in [6, 6.07) is 3.91. The Morgan fingerprint density at radius 1 is 1.46 bits per heavy atom. The van der Waals surface area contributed by atoms with Crippen LogP contribution in [-0.4, -0.2) is 10.1 Å². The number of H-pyrrole nitrogens is 1. The Labute approximate surface area is 79.0 Å². The van der Waals surface area contributed by atoms with Crippen LogP contribution in [0.25, 0.3) is 0 Å². The van der Waals surface area contributed by atoms with Gasteiger partial charge in [-0.15, -0.1) is 0 Å². The van der Waals surface area contributed by atoms with Gasteiger partial charge in [0.15, 0.2) is 0 Å². The van der Waals surface area contributed by atoms with E-state index in [2.05, 4.69) is 11.9 Å². The van der Waals surface area contributed by atoms with Gasteiger partial charge >= 0.3 is 0 Å². The van der Waals surface area contributed by atoms with E-state index < -0.39 is 0 Å². The molecule has 0 spiro atoms. The second-order valence-corrected chi connectivity index (χ2v) is 4.39. The number of aromatic nitrogens is 1. The van der Waals surface area contributed by atoms with Crippen molar-refractivity contribution < 1.29 is 5.11 Å². The molecular formula is C11H17NO. The quantitative estimate of drug-likeness (QED) is 0.719. The van der Waals surface area contributed by atoms with Gasteiger partial charge in [-0.1, -0.05) is 19.8 Å². The smallest absolute Gasteiger partial charge is 0.0990 e. The Kier molecular flexibility index (Phi) is 2.16. The molecule has 0 saturated heterocycles. The molecule has 2 nitrogen and oxygen atoms in total. The van der Waals surface area contributed by atoms with Crippen molar-refractivity contribution in [1.29, 1.82) is 0 Å². The Balaban J connectivity index is 2.16. The van der Waals surface area contributed by atoms with Crippen molar-refractivity contribution >= 4 is 0 Å². The Morgan fingerprint density at radius 3 is 2.69 bits per heavy atom. The minimum Gasteiger partial charge on any atom is -0.386 e. The van der Waals surface area contributed by atoms with Gasteiger partial charge in [0.2, 0.25) is 0 Å². The lowest BCUT2D eigenvalue weighted by Gasteiger charge is -2.29. The van der Waals surface area contributed by atoms with Gasteiger partial charge in [0.25, 0.3) is 0 Å². The van der Waals surface area contributed by atoms with Gasteiger partial charge in [0, 0.05) is 11.9 Å². The van der Waals surface area contributed by atoms with Gasteiger partial charge in [-0.05, 0) is 30.4 Å². The predicted octanol–water partition coefficient (Wildman–Crippen LogP) is 2.63. The number of aliphatic hydroxyl groups excluding tert-OH is 1. The second kappa shape index (κ2) is 3.18. The summed E-state index contributed by atoms with van der Waals surface area (Å²) in [6.45, 7) is 2.19. The van der Waals surface area contributed by atoms with Crippen molar-refractivity contribution in [3.05, 3.63) is 24.0 Å². The first-order valence-corrected chi connectivity index (χ1v) is 5.04. The molecule has 1 aromatic rings. The third kappa shape index (κ3) is 1.51. The van der Waals surface area contributed by atoms with Crippen molar-refractivity contribution in [2.75, 3.05) is 0 Å². The highest BCUT2D eigenvalue weighted by atomic mass is 16.3. The molecule has 72 valence electrons. The van der Waals surface area contributed by atoms with Crippen LogP contribution in [0, 0.1) is 5.41 Å². The molecule has 2 rings (SSSR count). The molecule has 0 amide bonds. The van der Waals surface area contributed by atoms with E-state index in [1.165, 1.54) is 12.8 Å². The maximum atomic E-state index is 10.1. The van der Waals surface area contributed by atoms with E-state index in [-0.39, 0.29) is 11.5 Å². The first-order valence-electron chi connectivity index (χ1n) is 5.04. The molecule has 0 bridgehead atoms. The summed E-state index contributed by atoms with van der Waals surface area (Å²) >= 11 is 0. The molecule has 1 aromatic heterocycles. The predicted molar refractivity (Wildman–Crippen MR) is 52.3 cm³/mol. The fourth-order valence-electron chi connectivity index (χ4n) is 2.35. The van der Waals surface area contributed by atoms with Crippen LogP contribution >= 0.6 is 0 Å². The Bertz CT molecular complexity index is 260. The van der Waals surface area contributed by atoms with Crippen molar-refractivity contribution in [2.24, 2.45) is 5.41 Å². The highest BCUT2D eigenvalue weighted by Crippen LogP contribution is 2.46. The molecular weight excluding hydrogens is 162 g/mol. The minimum absolute atomic E-state index is 0.102. The first-order chi connectivity index (χ1) is 6.22. The summed E-state index contributed by atoms with van der Waals surface area (Å²) < 4.78 is 0. The standard InChI is InChI=1S/C11H17NO/c1-11(6-2-3-7-11)10(13)9-5-4-8-12-9/h4-5,8,10,12-13H,2-3,6-7H2,1H3. The van der Waals surface area contributed by atoms with Crippen molar-refractivity contribution in [3.63, 3.8) is 0 Å². The third-order valence-electron chi connectivity index (χ3n) is 3.32. The zero-order valence-electron chi connectivity index (χ0n) is 8.09. The molecule has 0 aliphatic heterocycles. The van der Waals surface area contributed by atoms with Gasteiger partial charge in [0.1, 0.15) is 0 Å². The summed E-state index contributed by atoms with van der Waals surface area (Å²) in [7, 11) is 0. The number of hydrogen-bond acceptors (Lipinski definition) is 1. The van der Waals surface area contributed by atoms with Crippen LogP contribution in [0.4, 0.5) is 0 Å². The minimum atomic E-state index is -0.315. The highest BCUT2D eigenvalue weighted by Gasteiger charge is 2.37. The molecule has 1 unspecified atom stereocenters. The molecule has 0 aromatic carbocycles. The second-order valence-electron chi connectivity index (χ2n) is 4.39. The summed E-state index contributed by atoms with van der Waals surface area (Å²) in [5.74, 6) is 0. The average Bonchev–Trinajstić information content (AvgIpc) is 2.73. The summed E-state index contributed by atoms with van der Waals surface area (Å²) in [4.78, 5) is 3.09. The maximum Gasteiger partial charge on any atom is 0.0990 e. The summed E-state index contributed by atoms with van der Waals surface area (Å²) in [5.41, 5.74) is 1.06. The number of rotatable bonds is 2. The zero-order valence-corrected chi connectivity index (χ0v) is 8.09. The molecule has 1 atom stereocenters. The number of hydrogen-bond donors (Lipinski definition) is 2. The van der Waals surface area contributed by atoms with E-state index >= 15 is 0 Å². The van der Waals surface area contributed by atoms with Crippen molar-refractivity contribution in [3.8, 4) is 0 Å². The summed E-state index contributed by atoms with van der Waals surface area (Å²) in [5, 5.41) is 10.1. The van der Waals surface area contributed by atoms with Crippen LogP contribution in [0.3, 0.4) is 0 Å². The van der Waals surface area contributed by atoms with E-state index in [1.807, 2.05) is 18.3 Å². The highest BCUT2D eigenvalue weighted by molar-refractivity contribution is 5.11. The van der Waals surface area contributed by atoms with Crippen molar-refractivity contribution in [2.45, 2.75) is 38.7 Å². The van der Waals surface area contributed by atoms with Crippen LogP contribution in [-0.2, 0) is 0 Å². The Hall–Kier alpha value is -0.760. The van der Waals surface area contributed by atoms with Gasteiger partial charge in [-0.3, -0.25) is 0 Å². The lowest BCUT2D eigenvalue weighted by atomic mass is 9.81. The lowest BCUT2D eigenvalue weighted by molar-refractivity contribution is 0.0378. The lowest BCUT2D eigenvalue weighted by Crippen LogP contribution is -2.22. The van der Waals surface area contributed by atoms with Crippen LogP contribution < -0.4 is 0 Å². The van der Waals surface area contributed by atoms with Gasteiger partial charge < -0.3 is 10.1 Å². The van der Waals surface area contributed by atoms with E-state index in [0.29, 0.717) is 0 Å². The molecule has 2 heteroatoms. The normalized spacial score (nSPS) is 23.2. The van der Waals surface area contributed by atoms with E-state index in [4.69, 9.17) is 0 Å². The molecule has 1 aliphatic carbocycles. The average molecular weight is 179 g/mol. The van der Waals surface area contributed by atoms with Crippen molar-refractivity contribution in [1.82, 2.24) is 4.98 Å².